The van der Waals surface area contributed by atoms with Crippen LogP contribution in [0, 0.1) is 34.0 Å². The van der Waals surface area contributed by atoms with Crippen molar-refractivity contribution >= 4 is 23.4 Å². The first kappa shape index (κ1) is 26.1. The normalized spacial score (nSPS) is 45.6. The van der Waals surface area contributed by atoms with Crippen LogP contribution in [0.4, 0.5) is 8.78 Å². The molecule has 0 spiro atoms. The topological polar surface area (TPSA) is 66.8 Å². The highest BCUT2D eigenvalue weighted by Gasteiger charge is 2.78. The molecule has 1 N–H and O–H groups in total. The second kappa shape index (κ2) is 8.70. The Hall–Kier alpha value is -2.09. The number of rotatable bonds is 4. The Labute approximate surface area is 226 Å². The second-order valence-corrected chi connectivity index (χ2v) is 12.7. The fraction of sp³-hybridized carbons (Fsp3) is 0.600. The van der Waals surface area contributed by atoms with Gasteiger partial charge in [0.2, 0.25) is 0 Å². The number of nitrogens with zero attached hydrogens (tertiary/aromatic N) is 1. The summed E-state index contributed by atoms with van der Waals surface area (Å²) in [7, 11) is 0. The Kier molecular flexibility index (Phi) is 5.99. The van der Waals surface area contributed by atoms with Gasteiger partial charge in [-0.2, -0.15) is 0 Å². The van der Waals surface area contributed by atoms with Crippen molar-refractivity contribution < 1.29 is 28.2 Å². The van der Waals surface area contributed by atoms with Gasteiger partial charge in [-0.25, -0.2) is 8.78 Å². The molecule has 4 aliphatic carbocycles. The molecule has 9 atom stereocenters. The van der Waals surface area contributed by atoms with Crippen molar-refractivity contribution in [2.45, 2.75) is 57.6 Å². The number of carbonyl (C=O) groups excluding carboxylic acids is 2. The maximum Gasteiger partial charge on any atom is 0.315 e. The predicted octanol–water partition coefficient (Wildman–Crippen LogP) is 4.77. The Morgan fingerprint density at radius 2 is 1.95 bits per heavy atom. The highest BCUT2D eigenvalue weighted by Crippen LogP contribution is 2.74. The molecule has 38 heavy (non-hydrogen) atoms. The minimum absolute atomic E-state index is 0.0410. The van der Waals surface area contributed by atoms with E-state index in [0.29, 0.717) is 26.1 Å². The summed E-state index contributed by atoms with van der Waals surface area (Å²) >= 11 is 5.88. The van der Waals surface area contributed by atoms with Gasteiger partial charge in [0.05, 0.1) is 11.5 Å². The zero-order chi connectivity index (χ0) is 27.1. The lowest BCUT2D eigenvalue weighted by Gasteiger charge is -2.63. The lowest BCUT2D eigenvalue weighted by Crippen LogP contribution is -2.69. The first-order valence-electron chi connectivity index (χ1n) is 13.5. The van der Waals surface area contributed by atoms with E-state index >= 15 is 8.78 Å². The summed E-state index contributed by atoms with van der Waals surface area (Å²) in [5.41, 5.74) is -4.19. The molecule has 0 amide bonds. The molecule has 1 aromatic carbocycles. The third-order valence-electron chi connectivity index (χ3n) is 11.0. The third kappa shape index (κ3) is 3.21. The number of ether oxygens (including phenoxy) is 1. The van der Waals surface area contributed by atoms with E-state index in [1.807, 2.05) is 37.3 Å². The summed E-state index contributed by atoms with van der Waals surface area (Å²) < 4.78 is 38.7. The van der Waals surface area contributed by atoms with Crippen LogP contribution in [-0.4, -0.2) is 58.9 Å². The Bertz CT molecular complexity index is 1220. The molecule has 1 heterocycles. The van der Waals surface area contributed by atoms with Crippen LogP contribution in [0.15, 0.2) is 54.1 Å². The molecule has 1 aliphatic heterocycles. The highest BCUT2D eigenvalue weighted by molar-refractivity contribution is 6.17. The van der Waals surface area contributed by atoms with Gasteiger partial charge in [-0.05, 0) is 66.7 Å². The fourth-order valence-electron chi connectivity index (χ4n) is 9.35. The van der Waals surface area contributed by atoms with Gasteiger partial charge in [-0.3, -0.25) is 14.5 Å². The molecule has 6 rings (SSSR count). The molecule has 4 fully saturated rings. The molecule has 0 radical (unpaired) electrons. The van der Waals surface area contributed by atoms with Crippen LogP contribution in [0.25, 0.3) is 0 Å². The SMILES string of the molecule is C[C@]12C=CC(=O)C=C1[C@@H](F)C[C@H]1C3C[C@H]4CN(Cc5ccccc5)C[C@@]4(C(=O)OCCl)[C@@]3(C)C[C@H](O)[C@@]12F. The first-order chi connectivity index (χ1) is 18.0. The van der Waals surface area contributed by atoms with Gasteiger partial charge < -0.3 is 9.84 Å². The van der Waals surface area contributed by atoms with Crippen molar-refractivity contribution in [1.82, 2.24) is 4.90 Å². The largest absolute Gasteiger partial charge is 0.449 e. The summed E-state index contributed by atoms with van der Waals surface area (Å²) in [6.07, 6.45) is 1.43. The van der Waals surface area contributed by atoms with Gasteiger partial charge in [0.1, 0.15) is 6.17 Å². The van der Waals surface area contributed by atoms with Crippen LogP contribution in [0.2, 0.25) is 0 Å². The van der Waals surface area contributed by atoms with Crippen LogP contribution in [0.3, 0.4) is 0 Å². The van der Waals surface area contributed by atoms with E-state index in [1.165, 1.54) is 18.2 Å². The molecule has 0 bridgehead atoms. The summed E-state index contributed by atoms with van der Waals surface area (Å²) in [6.45, 7) is 5.25. The number of fused-ring (bicyclic) bond motifs is 7. The highest BCUT2D eigenvalue weighted by atomic mass is 35.5. The van der Waals surface area contributed by atoms with E-state index in [4.69, 9.17) is 16.3 Å². The Morgan fingerprint density at radius 1 is 1.21 bits per heavy atom. The number of hydrogen-bond donors (Lipinski definition) is 1. The maximum atomic E-state index is 17.5. The van der Waals surface area contributed by atoms with Crippen LogP contribution in [-0.2, 0) is 20.9 Å². The molecule has 3 saturated carbocycles. The number of hydrogen-bond acceptors (Lipinski definition) is 5. The number of allylic oxidation sites excluding steroid dienone is 4. The lowest BCUT2D eigenvalue weighted by molar-refractivity contribution is -0.216. The van der Waals surface area contributed by atoms with E-state index in [0.717, 1.165) is 5.56 Å². The van der Waals surface area contributed by atoms with E-state index < -0.39 is 46.1 Å². The average molecular weight is 546 g/mol. The fourth-order valence-corrected chi connectivity index (χ4v) is 9.45. The second-order valence-electron chi connectivity index (χ2n) is 12.5. The van der Waals surface area contributed by atoms with Gasteiger partial charge in [-0.15, -0.1) is 0 Å². The minimum Gasteiger partial charge on any atom is -0.449 e. The van der Waals surface area contributed by atoms with E-state index in [9.17, 15) is 14.7 Å². The predicted molar refractivity (Wildman–Crippen MR) is 138 cm³/mol. The number of carbonyl (C=O) groups is 2. The van der Waals surface area contributed by atoms with Crippen LogP contribution >= 0.6 is 11.6 Å². The Morgan fingerprint density at radius 3 is 2.66 bits per heavy atom. The summed E-state index contributed by atoms with van der Waals surface area (Å²) in [5.74, 6) is -2.09. The number of aliphatic hydroxyl groups is 1. The number of halogens is 3. The van der Waals surface area contributed by atoms with Gasteiger partial charge in [-0.1, -0.05) is 54.9 Å². The van der Waals surface area contributed by atoms with Gasteiger partial charge in [0.25, 0.3) is 0 Å². The standard InChI is InChI=1S/C30H34ClF2NO4/c1-27-9-8-20(35)11-23(27)24(32)12-22-21-10-19-15-34(14-18-6-4-3-5-7-18)16-29(19,26(37)38-17-31)28(21,2)13-25(36)30(22,27)33/h3-9,11,19,21-22,24-25,36H,10,12-17H2,1-2H3/t19-,21?,22-,24-,25-,27-,28-,29+,30-/m0/s1. The number of alkyl halides is 3. The molecular weight excluding hydrogens is 512 g/mol. The average Bonchev–Trinajstić information content (AvgIpc) is 3.35. The van der Waals surface area contributed by atoms with Crippen LogP contribution in [0.1, 0.15) is 38.7 Å². The molecule has 5 aliphatic rings. The van der Waals surface area contributed by atoms with Gasteiger partial charge in [0.15, 0.2) is 17.5 Å². The molecule has 1 unspecified atom stereocenters. The summed E-state index contributed by atoms with van der Waals surface area (Å²) in [6, 6.07) is 9.71. The smallest absolute Gasteiger partial charge is 0.315 e. The van der Waals surface area contributed by atoms with Crippen molar-refractivity contribution in [3.8, 4) is 0 Å². The van der Waals surface area contributed by atoms with Gasteiger partial charge >= 0.3 is 5.97 Å². The third-order valence-corrected chi connectivity index (χ3v) is 11.1. The number of likely N-dealkylation sites (tertiary alicyclic amines) is 1. The van der Waals surface area contributed by atoms with Crippen molar-refractivity contribution in [2.75, 3.05) is 19.2 Å². The minimum atomic E-state index is -2.16. The number of benzene rings is 1. The zero-order valence-corrected chi connectivity index (χ0v) is 22.5. The van der Waals surface area contributed by atoms with E-state index in [1.54, 1.807) is 6.92 Å². The quantitative estimate of drug-likeness (QED) is 0.436. The number of aliphatic hydroxyl groups excluding tert-OH is 1. The van der Waals surface area contributed by atoms with Crippen molar-refractivity contribution in [1.29, 1.82) is 0 Å². The van der Waals surface area contributed by atoms with Crippen molar-refractivity contribution in [2.24, 2.45) is 34.0 Å². The van der Waals surface area contributed by atoms with E-state index in [-0.39, 0.29) is 42.1 Å². The lowest BCUT2D eigenvalue weighted by atomic mass is 9.43. The molecule has 0 aromatic heterocycles. The van der Waals surface area contributed by atoms with Gasteiger partial charge in [0, 0.05) is 31.0 Å². The van der Waals surface area contributed by atoms with Crippen molar-refractivity contribution in [3.05, 3.63) is 59.7 Å². The number of ketones is 1. The Balaban J connectivity index is 1.41. The molecule has 1 aromatic rings. The molecule has 5 nitrogen and oxygen atoms in total. The molecule has 1 saturated heterocycles. The van der Waals surface area contributed by atoms with E-state index in [2.05, 4.69) is 4.90 Å². The number of esters is 1. The summed E-state index contributed by atoms with van der Waals surface area (Å²) in [5, 5.41) is 11.6. The maximum absolute atomic E-state index is 17.5. The van der Waals surface area contributed by atoms with Crippen LogP contribution < -0.4 is 0 Å². The molecular formula is C30H34ClF2NO4. The van der Waals surface area contributed by atoms with Crippen molar-refractivity contribution in [3.63, 3.8) is 0 Å². The summed E-state index contributed by atoms with van der Waals surface area (Å²) in [4.78, 5) is 28.1. The van der Waals surface area contributed by atoms with Crippen LogP contribution in [0.5, 0.6) is 0 Å². The monoisotopic (exact) mass is 545 g/mol. The zero-order valence-electron chi connectivity index (χ0n) is 21.7. The molecule has 204 valence electrons. The molecule has 8 heteroatoms. The first-order valence-corrected chi connectivity index (χ1v) is 14.0.